The van der Waals surface area contributed by atoms with Crippen LogP contribution in [0.1, 0.15) is 29.4 Å². The summed E-state index contributed by atoms with van der Waals surface area (Å²) >= 11 is 0. The van der Waals surface area contributed by atoms with Gasteiger partial charge in [0.25, 0.3) is 5.91 Å². The molecule has 2 aliphatic rings. The van der Waals surface area contributed by atoms with E-state index in [1.54, 1.807) is 12.3 Å². The maximum absolute atomic E-state index is 12.3. The number of anilines is 1. The molecule has 3 rings (SSSR count). The van der Waals surface area contributed by atoms with Crippen LogP contribution in [0.4, 0.5) is 5.69 Å². The zero-order chi connectivity index (χ0) is 12.9. The smallest absolute Gasteiger partial charge is 0.270 e. The van der Waals surface area contributed by atoms with Gasteiger partial charge in [-0.1, -0.05) is 0 Å². The number of amides is 1. The molecule has 2 atom stereocenters. The number of aliphatic hydroxyl groups excluding tert-OH is 2. The van der Waals surface area contributed by atoms with E-state index in [1.807, 2.05) is 4.57 Å². The van der Waals surface area contributed by atoms with Crippen LogP contribution < -0.4 is 5.73 Å². The molecule has 0 unspecified atom stereocenters. The van der Waals surface area contributed by atoms with Gasteiger partial charge in [0.15, 0.2) is 0 Å². The molecule has 0 radical (unpaired) electrons. The molecule has 6 heteroatoms. The summed E-state index contributed by atoms with van der Waals surface area (Å²) in [5.74, 6) is -0.172. The van der Waals surface area contributed by atoms with E-state index in [4.69, 9.17) is 5.73 Å². The summed E-state index contributed by atoms with van der Waals surface area (Å²) in [5, 5.41) is 19.0. The first-order valence-electron chi connectivity index (χ1n) is 6.19. The minimum absolute atomic E-state index is 0.172. The maximum Gasteiger partial charge on any atom is 0.270 e. The highest BCUT2D eigenvalue weighted by Gasteiger charge is 2.35. The monoisotopic (exact) mass is 251 g/mol. The third-order valence-corrected chi connectivity index (χ3v) is 3.58. The van der Waals surface area contributed by atoms with Gasteiger partial charge in [-0.25, -0.2) is 0 Å². The molecule has 98 valence electrons. The van der Waals surface area contributed by atoms with E-state index in [1.165, 1.54) is 4.90 Å². The highest BCUT2D eigenvalue weighted by Crippen LogP contribution is 2.37. The van der Waals surface area contributed by atoms with Crippen LogP contribution >= 0.6 is 0 Å². The Hall–Kier alpha value is -1.53. The molecule has 6 nitrogen and oxygen atoms in total. The SMILES string of the molecule is Nc1cc(C(=O)N2C[C@@H](O)[C@@H](O)C2)n(C2CC2)c1. The van der Waals surface area contributed by atoms with Gasteiger partial charge in [0.2, 0.25) is 0 Å². The fourth-order valence-electron chi connectivity index (χ4n) is 2.42. The van der Waals surface area contributed by atoms with E-state index in [2.05, 4.69) is 0 Å². The molecule has 0 aromatic carbocycles. The van der Waals surface area contributed by atoms with Gasteiger partial charge in [0.1, 0.15) is 5.69 Å². The molecular formula is C12H17N3O3. The van der Waals surface area contributed by atoms with Gasteiger partial charge in [-0.15, -0.1) is 0 Å². The molecule has 1 aliphatic heterocycles. The predicted octanol–water partition coefficient (Wildman–Crippen LogP) is -0.417. The Kier molecular flexibility index (Phi) is 2.57. The predicted molar refractivity (Wildman–Crippen MR) is 65.0 cm³/mol. The summed E-state index contributed by atoms with van der Waals surface area (Å²) in [6.07, 6.45) is 2.22. The van der Waals surface area contributed by atoms with E-state index in [0.29, 0.717) is 17.4 Å². The van der Waals surface area contributed by atoms with Crippen molar-refractivity contribution in [3.63, 3.8) is 0 Å². The summed E-state index contributed by atoms with van der Waals surface area (Å²) in [7, 11) is 0. The lowest BCUT2D eigenvalue weighted by atomic mass is 10.3. The fraction of sp³-hybridized carbons (Fsp3) is 0.583. The molecule has 2 fully saturated rings. The Morgan fingerprint density at radius 2 is 1.89 bits per heavy atom. The Morgan fingerprint density at radius 1 is 1.28 bits per heavy atom. The van der Waals surface area contributed by atoms with Crippen LogP contribution in [0, 0.1) is 0 Å². The molecule has 1 saturated carbocycles. The Balaban J connectivity index is 1.84. The molecule has 1 aromatic heterocycles. The Morgan fingerprint density at radius 3 is 2.44 bits per heavy atom. The molecule has 0 spiro atoms. The van der Waals surface area contributed by atoms with Gasteiger partial charge >= 0.3 is 0 Å². The number of rotatable bonds is 2. The van der Waals surface area contributed by atoms with Crippen LogP contribution in [0.3, 0.4) is 0 Å². The van der Waals surface area contributed by atoms with Crippen molar-refractivity contribution in [1.82, 2.24) is 9.47 Å². The van der Waals surface area contributed by atoms with Crippen LogP contribution in [0.2, 0.25) is 0 Å². The number of aromatic nitrogens is 1. The van der Waals surface area contributed by atoms with E-state index < -0.39 is 12.2 Å². The molecular weight excluding hydrogens is 234 g/mol. The van der Waals surface area contributed by atoms with Crippen LogP contribution in [0.15, 0.2) is 12.3 Å². The van der Waals surface area contributed by atoms with E-state index in [9.17, 15) is 15.0 Å². The fourth-order valence-corrected chi connectivity index (χ4v) is 2.42. The minimum Gasteiger partial charge on any atom is -0.397 e. The number of likely N-dealkylation sites (tertiary alicyclic amines) is 1. The van der Waals surface area contributed by atoms with Crippen LogP contribution in [-0.2, 0) is 0 Å². The molecule has 1 amide bonds. The van der Waals surface area contributed by atoms with E-state index in [-0.39, 0.29) is 19.0 Å². The maximum atomic E-state index is 12.3. The van der Waals surface area contributed by atoms with Crippen LogP contribution in [0.5, 0.6) is 0 Å². The minimum atomic E-state index is -0.851. The molecule has 1 aromatic rings. The third-order valence-electron chi connectivity index (χ3n) is 3.58. The van der Waals surface area contributed by atoms with Crippen LogP contribution in [-0.4, -0.2) is 50.9 Å². The Labute approximate surface area is 105 Å². The summed E-state index contributed by atoms with van der Waals surface area (Å²) in [4.78, 5) is 13.8. The lowest BCUT2D eigenvalue weighted by Crippen LogP contribution is -2.31. The number of nitrogens with zero attached hydrogens (tertiary/aromatic N) is 2. The second-order valence-corrected chi connectivity index (χ2v) is 5.14. The highest BCUT2D eigenvalue weighted by atomic mass is 16.3. The van der Waals surface area contributed by atoms with Crippen molar-refractivity contribution in [1.29, 1.82) is 0 Å². The van der Waals surface area contributed by atoms with Crippen molar-refractivity contribution in [3.8, 4) is 0 Å². The lowest BCUT2D eigenvalue weighted by molar-refractivity contribution is 0.0572. The van der Waals surface area contributed by atoms with E-state index >= 15 is 0 Å². The summed E-state index contributed by atoms with van der Waals surface area (Å²) in [5.41, 5.74) is 6.87. The Bertz CT molecular complexity index is 471. The number of nitrogen functional groups attached to an aromatic ring is 1. The summed E-state index contributed by atoms with van der Waals surface area (Å²) < 4.78 is 1.91. The number of β-amino-alcohol motifs (C(OH)–C–C–N with tert-alkyl or cyclic N) is 2. The van der Waals surface area contributed by atoms with Gasteiger partial charge in [-0.05, 0) is 18.9 Å². The van der Waals surface area contributed by atoms with Gasteiger partial charge in [0.05, 0.1) is 17.9 Å². The second kappa shape index (κ2) is 4.00. The zero-order valence-corrected chi connectivity index (χ0v) is 9.99. The number of hydrogen-bond acceptors (Lipinski definition) is 4. The van der Waals surface area contributed by atoms with Crippen molar-refractivity contribution >= 4 is 11.6 Å². The number of carbonyl (C=O) groups is 1. The normalized spacial score (nSPS) is 27.8. The van der Waals surface area contributed by atoms with Crippen molar-refractivity contribution in [2.24, 2.45) is 0 Å². The average molecular weight is 251 g/mol. The largest absolute Gasteiger partial charge is 0.397 e. The summed E-state index contributed by atoms with van der Waals surface area (Å²) in [6.45, 7) is 0.353. The molecule has 18 heavy (non-hydrogen) atoms. The molecule has 0 bridgehead atoms. The third kappa shape index (κ3) is 1.87. The van der Waals surface area contributed by atoms with Gasteiger partial charge in [0, 0.05) is 25.3 Å². The second-order valence-electron chi connectivity index (χ2n) is 5.14. The number of carbonyl (C=O) groups excluding carboxylic acids is 1. The lowest BCUT2D eigenvalue weighted by Gasteiger charge is -2.16. The summed E-state index contributed by atoms with van der Waals surface area (Å²) in [6, 6.07) is 2.04. The topological polar surface area (TPSA) is 91.7 Å². The van der Waals surface area contributed by atoms with E-state index in [0.717, 1.165) is 12.8 Å². The quantitative estimate of drug-likeness (QED) is 0.666. The van der Waals surface area contributed by atoms with Crippen LogP contribution in [0.25, 0.3) is 0 Å². The first-order chi connectivity index (χ1) is 8.56. The molecule has 1 saturated heterocycles. The standard InChI is InChI=1S/C12H17N3O3/c13-7-3-9(15(4-7)8-1-2-8)12(18)14-5-10(16)11(17)6-14/h3-4,8,10-11,16-17H,1-2,5-6,13H2/t10-,11+. The van der Waals surface area contributed by atoms with Gasteiger partial charge in [-0.2, -0.15) is 0 Å². The number of nitrogens with two attached hydrogens (primary N) is 1. The highest BCUT2D eigenvalue weighted by molar-refractivity contribution is 5.94. The van der Waals surface area contributed by atoms with Crippen molar-refractivity contribution < 1.29 is 15.0 Å². The number of hydrogen-bond donors (Lipinski definition) is 3. The van der Waals surface area contributed by atoms with Crippen molar-refractivity contribution in [3.05, 3.63) is 18.0 Å². The average Bonchev–Trinajstić information content (AvgIpc) is 3.02. The van der Waals surface area contributed by atoms with Crippen molar-refractivity contribution in [2.75, 3.05) is 18.8 Å². The first-order valence-corrected chi connectivity index (χ1v) is 6.19. The van der Waals surface area contributed by atoms with Crippen molar-refractivity contribution in [2.45, 2.75) is 31.1 Å². The molecule has 4 N–H and O–H groups in total. The zero-order valence-electron chi connectivity index (χ0n) is 9.99. The molecule has 2 heterocycles. The molecule has 1 aliphatic carbocycles. The van der Waals surface area contributed by atoms with Gasteiger partial charge in [-0.3, -0.25) is 4.79 Å². The van der Waals surface area contributed by atoms with Gasteiger partial charge < -0.3 is 25.4 Å². The first kappa shape index (κ1) is 11.6. The number of aliphatic hydroxyl groups is 2.